The van der Waals surface area contributed by atoms with E-state index >= 15 is 0 Å². The van der Waals surface area contributed by atoms with Crippen molar-refractivity contribution in [2.24, 2.45) is 0 Å². The van der Waals surface area contributed by atoms with Crippen molar-refractivity contribution in [3.05, 3.63) is 30.1 Å². The molecule has 1 aliphatic rings. The minimum absolute atomic E-state index is 1.10. The van der Waals surface area contributed by atoms with Gasteiger partial charge in [-0.05, 0) is 51.5 Å². The Hall–Kier alpha value is -0.890. The molecule has 0 saturated carbocycles. The number of rotatable bonds is 2. The highest BCUT2D eigenvalue weighted by Crippen LogP contribution is 2.04. The summed E-state index contributed by atoms with van der Waals surface area (Å²) >= 11 is 0. The Balaban J connectivity index is 0.000000165. The third kappa shape index (κ3) is 5.86. The maximum Gasteiger partial charge on any atom is 0.0403 e. The SMILES string of the molecule is CCCc1ccccn1.CN1CCCCC1. The number of pyridine rings is 1. The van der Waals surface area contributed by atoms with Crippen LogP contribution in [0.5, 0.6) is 0 Å². The quantitative estimate of drug-likeness (QED) is 0.761. The lowest BCUT2D eigenvalue weighted by Crippen LogP contribution is -2.24. The van der Waals surface area contributed by atoms with E-state index in [1.807, 2.05) is 18.3 Å². The third-order valence-electron chi connectivity index (χ3n) is 2.81. The summed E-state index contributed by atoms with van der Waals surface area (Å²) in [7, 11) is 2.19. The average Bonchev–Trinajstić information content (AvgIpc) is 2.33. The molecule has 2 heterocycles. The van der Waals surface area contributed by atoms with Crippen molar-refractivity contribution in [2.75, 3.05) is 20.1 Å². The molecule has 0 aromatic carbocycles. The van der Waals surface area contributed by atoms with Gasteiger partial charge in [0.25, 0.3) is 0 Å². The number of hydrogen-bond donors (Lipinski definition) is 0. The first-order valence-corrected chi connectivity index (χ1v) is 6.41. The van der Waals surface area contributed by atoms with E-state index in [1.165, 1.54) is 44.5 Å². The number of nitrogens with zero attached hydrogens (tertiary/aromatic N) is 2. The monoisotopic (exact) mass is 220 g/mol. The summed E-state index contributed by atoms with van der Waals surface area (Å²) in [5.41, 5.74) is 1.19. The van der Waals surface area contributed by atoms with Crippen molar-refractivity contribution in [1.29, 1.82) is 0 Å². The lowest BCUT2D eigenvalue weighted by molar-refractivity contribution is 0.277. The zero-order chi connectivity index (χ0) is 11.6. The van der Waals surface area contributed by atoms with Gasteiger partial charge in [0.05, 0.1) is 0 Å². The van der Waals surface area contributed by atoms with Gasteiger partial charge in [-0.3, -0.25) is 4.98 Å². The summed E-state index contributed by atoms with van der Waals surface area (Å²) in [6.45, 7) is 4.80. The first-order chi connectivity index (χ1) is 7.83. The molecule has 90 valence electrons. The Morgan fingerprint density at radius 2 is 1.94 bits per heavy atom. The van der Waals surface area contributed by atoms with E-state index < -0.39 is 0 Å². The molecule has 0 aliphatic carbocycles. The molecule has 1 aliphatic heterocycles. The second-order valence-electron chi connectivity index (χ2n) is 4.44. The number of aromatic nitrogens is 1. The molecule has 2 rings (SSSR count). The Morgan fingerprint density at radius 3 is 2.38 bits per heavy atom. The van der Waals surface area contributed by atoms with Crippen molar-refractivity contribution < 1.29 is 0 Å². The highest BCUT2D eigenvalue weighted by atomic mass is 15.1. The fourth-order valence-corrected chi connectivity index (χ4v) is 1.85. The van der Waals surface area contributed by atoms with Gasteiger partial charge in [-0.15, -0.1) is 0 Å². The molecular weight excluding hydrogens is 196 g/mol. The molecule has 1 aromatic heterocycles. The Kier molecular flexibility index (Phi) is 6.82. The van der Waals surface area contributed by atoms with E-state index in [-0.39, 0.29) is 0 Å². The van der Waals surface area contributed by atoms with E-state index in [1.54, 1.807) is 0 Å². The minimum Gasteiger partial charge on any atom is -0.306 e. The standard InChI is InChI=1S/C8H11N.C6H13N/c1-2-5-8-6-3-4-7-9-8;1-7-5-3-2-4-6-7/h3-4,6-7H,2,5H2,1H3;2-6H2,1H3. The second kappa shape index (κ2) is 8.28. The van der Waals surface area contributed by atoms with Crippen molar-refractivity contribution >= 4 is 0 Å². The highest BCUT2D eigenvalue weighted by Gasteiger charge is 2.02. The number of piperidine rings is 1. The van der Waals surface area contributed by atoms with E-state index in [4.69, 9.17) is 0 Å². The van der Waals surface area contributed by atoms with Crippen LogP contribution in [0.15, 0.2) is 24.4 Å². The van der Waals surface area contributed by atoms with Gasteiger partial charge in [0, 0.05) is 11.9 Å². The molecule has 1 saturated heterocycles. The van der Waals surface area contributed by atoms with Gasteiger partial charge in [0.1, 0.15) is 0 Å². The zero-order valence-corrected chi connectivity index (χ0v) is 10.7. The van der Waals surface area contributed by atoms with Gasteiger partial charge in [0.15, 0.2) is 0 Å². The summed E-state index contributed by atoms with van der Waals surface area (Å²) in [6, 6.07) is 6.03. The molecule has 0 radical (unpaired) electrons. The zero-order valence-electron chi connectivity index (χ0n) is 10.7. The van der Waals surface area contributed by atoms with Crippen LogP contribution in [0, 0.1) is 0 Å². The fraction of sp³-hybridized carbons (Fsp3) is 0.643. The third-order valence-corrected chi connectivity index (χ3v) is 2.81. The first-order valence-electron chi connectivity index (χ1n) is 6.41. The largest absolute Gasteiger partial charge is 0.306 e. The van der Waals surface area contributed by atoms with Crippen molar-refractivity contribution in [1.82, 2.24) is 9.88 Å². The average molecular weight is 220 g/mol. The molecule has 2 nitrogen and oxygen atoms in total. The van der Waals surface area contributed by atoms with Crippen LogP contribution in [-0.2, 0) is 6.42 Å². The summed E-state index contributed by atoms with van der Waals surface area (Å²) in [5.74, 6) is 0. The molecule has 0 amide bonds. The number of aryl methyl sites for hydroxylation is 1. The smallest absolute Gasteiger partial charge is 0.0403 e. The highest BCUT2D eigenvalue weighted by molar-refractivity contribution is 5.02. The summed E-state index contributed by atoms with van der Waals surface area (Å²) < 4.78 is 0. The summed E-state index contributed by atoms with van der Waals surface area (Å²) in [4.78, 5) is 6.56. The number of hydrogen-bond acceptors (Lipinski definition) is 2. The van der Waals surface area contributed by atoms with Crippen LogP contribution in [0.1, 0.15) is 38.3 Å². The molecule has 2 heteroatoms. The van der Waals surface area contributed by atoms with Crippen LogP contribution in [0.3, 0.4) is 0 Å². The topological polar surface area (TPSA) is 16.1 Å². The maximum absolute atomic E-state index is 4.17. The van der Waals surface area contributed by atoms with Crippen LogP contribution in [0.4, 0.5) is 0 Å². The van der Waals surface area contributed by atoms with E-state index in [0.717, 1.165) is 6.42 Å². The molecule has 16 heavy (non-hydrogen) atoms. The summed E-state index contributed by atoms with van der Waals surface area (Å²) in [5, 5.41) is 0. The first kappa shape index (κ1) is 13.2. The molecule has 0 atom stereocenters. The summed E-state index contributed by atoms with van der Waals surface area (Å²) in [6.07, 6.45) is 8.39. The van der Waals surface area contributed by atoms with Gasteiger partial charge in [-0.2, -0.15) is 0 Å². The maximum atomic E-state index is 4.17. The Morgan fingerprint density at radius 1 is 1.19 bits per heavy atom. The minimum atomic E-state index is 1.10. The van der Waals surface area contributed by atoms with Gasteiger partial charge in [-0.1, -0.05) is 25.8 Å². The lowest BCUT2D eigenvalue weighted by atomic mass is 10.1. The van der Waals surface area contributed by atoms with E-state index in [9.17, 15) is 0 Å². The molecule has 1 aromatic rings. The van der Waals surface area contributed by atoms with Crippen LogP contribution in [-0.4, -0.2) is 30.0 Å². The van der Waals surface area contributed by atoms with Gasteiger partial charge in [0.2, 0.25) is 0 Å². The van der Waals surface area contributed by atoms with Crippen LogP contribution < -0.4 is 0 Å². The molecule has 0 spiro atoms. The number of likely N-dealkylation sites (tertiary alicyclic amines) is 1. The van der Waals surface area contributed by atoms with Crippen LogP contribution in [0.2, 0.25) is 0 Å². The van der Waals surface area contributed by atoms with Crippen LogP contribution in [0.25, 0.3) is 0 Å². The van der Waals surface area contributed by atoms with Crippen molar-refractivity contribution in [3.63, 3.8) is 0 Å². The lowest BCUT2D eigenvalue weighted by Gasteiger charge is -2.20. The second-order valence-corrected chi connectivity index (χ2v) is 4.44. The fourth-order valence-electron chi connectivity index (χ4n) is 1.85. The predicted molar refractivity (Wildman–Crippen MR) is 69.6 cm³/mol. The van der Waals surface area contributed by atoms with E-state index in [0.29, 0.717) is 0 Å². The predicted octanol–water partition coefficient (Wildman–Crippen LogP) is 3.14. The molecule has 0 N–H and O–H groups in total. The van der Waals surface area contributed by atoms with Gasteiger partial charge >= 0.3 is 0 Å². The molecule has 0 unspecified atom stereocenters. The van der Waals surface area contributed by atoms with Crippen molar-refractivity contribution in [3.8, 4) is 0 Å². The van der Waals surface area contributed by atoms with Crippen LogP contribution >= 0.6 is 0 Å². The van der Waals surface area contributed by atoms with Crippen molar-refractivity contribution in [2.45, 2.75) is 39.0 Å². The molecular formula is C14H24N2. The molecule has 1 fully saturated rings. The Bertz CT molecular complexity index is 253. The molecule has 0 bridgehead atoms. The van der Waals surface area contributed by atoms with Gasteiger partial charge in [-0.25, -0.2) is 0 Å². The normalized spacial score (nSPS) is 16.4. The Labute approximate surface area is 99.7 Å². The van der Waals surface area contributed by atoms with E-state index in [2.05, 4.69) is 29.9 Å². The van der Waals surface area contributed by atoms with Gasteiger partial charge < -0.3 is 4.90 Å².